The van der Waals surface area contributed by atoms with E-state index >= 15 is 0 Å². The number of benzene rings is 1. The second kappa shape index (κ2) is 6.68. The predicted octanol–water partition coefficient (Wildman–Crippen LogP) is 1.97. The molecule has 1 aromatic carbocycles. The molecule has 0 amide bonds. The molecule has 1 fully saturated rings. The molecular formula is C18H21N5O2. The zero-order valence-corrected chi connectivity index (χ0v) is 14.2. The van der Waals surface area contributed by atoms with Gasteiger partial charge in [0.1, 0.15) is 5.39 Å². The van der Waals surface area contributed by atoms with E-state index in [1.54, 1.807) is 18.0 Å². The minimum atomic E-state index is -0.152. The average Bonchev–Trinajstić information content (AvgIpc) is 3.08. The number of nitrogens with zero attached hydrogens (tertiary/aromatic N) is 4. The standard InChI is InChI=1S/C18H21N5O2/c1-25-12-13-7-9-22(10-8-13)18-20-16-15(17(24)21-18)11-19-23(16)14-5-3-2-4-6-14/h2-6,11,13H,7-10,12H2,1H3,(H,20,21,24). The van der Waals surface area contributed by atoms with Crippen LogP contribution in [0.4, 0.5) is 5.95 Å². The van der Waals surface area contributed by atoms with Crippen molar-refractivity contribution in [2.75, 3.05) is 31.7 Å². The topological polar surface area (TPSA) is 76.0 Å². The van der Waals surface area contributed by atoms with E-state index in [0.29, 0.717) is 22.9 Å². The number of aromatic nitrogens is 4. The Hall–Kier alpha value is -2.67. The molecule has 0 saturated carbocycles. The molecule has 1 saturated heterocycles. The number of para-hydroxylation sites is 1. The first kappa shape index (κ1) is 15.8. The third kappa shape index (κ3) is 3.02. The van der Waals surface area contributed by atoms with Gasteiger partial charge in [0.05, 0.1) is 11.9 Å². The van der Waals surface area contributed by atoms with Gasteiger partial charge < -0.3 is 9.64 Å². The summed E-state index contributed by atoms with van der Waals surface area (Å²) in [4.78, 5) is 22.2. The fraction of sp³-hybridized carbons (Fsp3) is 0.389. The van der Waals surface area contributed by atoms with Crippen molar-refractivity contribution in [3.63, 3.8) is 0 Å². The highest BCUT2D eigenvalue weighted by molar-refractivity contribution is 5.76. The molecule has 7 nitrogen and oxygen atoms in total. The van der Waals surface area contributed by atoms with Gasteiger partial charge in [-0.3, -0.25) is 9.78 Å². The summed E-state index contributed by atoms with van der Waals surface area (Å²) in [6, 6.07) is 9.73. The number of hydrogen-bond donors (Lipinski definition) is 1. The van der Waals surface area contributed by atoms with Crippen molar-refractivity contribution in [3.05, 3.63) is 46.9 Å². The number of hydrogen-bond acceptors (Lipinski definition) is 5. The van der Waals surface area contributed by atoms with Crippen molar-refractivity contribution in [2.45, 2.75) is 12.8 Å². The van der Waals surface area contributed by atoms with Gasteiger partial charge in [-0.15, -0.1) is 0 Å². The number of ether oxygens (including phenoxy) is 1. The maximum atomic E-state index is 12.5. The van der Waals surface area contributed by atoms with Gasteiger partial charge in [0.15, 0.2) is 5.65 Å². The monoisotopic (exact) mass is 339 g/mol. The van der Waals surface area contributed by atoms with E-state index in [2.05, 4.69) is 15.0 Å². The molecule has 7 heteroatoms. The SMILES string of the molecule is COCC1CCN(c2nc3c(cnn3-c3ccccc3)c(=O)[nH]2)CC1. The highest BCUT2D eigenvalue weighted by Crippen LogP contribution is 2.22. The normalized spacial score (nSPS) is 15.8. The van der Waals surface area contributed by atoms with Gasteiger partial charge in [0.25, 0.3) is 5.56 Å². The molecule has 1 aliphatic rings. The molecule has 1 N–H and O–H groups in total. The van der Waals surface area contributed by atoms with Crippen molar-refractivity contribution in [2.24, 2.45) is 5.92 Å². The van der Waals surface area contributed by atoms with Crippen LogP contribution in [0.25, 0.3) is 16.7 Å². The largest absolute Gasteiger partial charge is 0.384 e. The highest BCUT2D eigenvalue weighted by atomic mass is 16.5. The van der Waals surface area contributed by atoms with E-state index in [-0.39, 0.29) is 5.56 Å². The van der Waals surface area contributed by atoms with Crippen molar-refractivity contribution in [1.29, 1.82) is 0 Å². The Bertz CT molecular complexity index is 910. The van der Waals surface area contributed by atoms with Crippen molar-refractivity contribution in [3.8, 4) is 5.69 Å². The summed E-state index contributed by atoms with van der Waals surface area (Å²) in [5.74, 6) is 1.19. The Morgan fingerprint density at radius 1 is 1.24 bits per heavy atom. The molecule has 0 radical (unpaired) electrons. The van der Waals surface area contributed by atoms with Crippen LogP contribution in [0, 0.1) is 5.92 Å². The van der Waals surface area contributed by atoms with Crippen molar-refractivity contribution >= 4 is 17.0 Å². The lowest BCUT2D eigenvalue weighted by molar-refractivity contribution is 0.139. The van der Waals surface area contributed by atoms with Crippen molar-refractivity contribution in [1.82, 2.24) is 19.7 Å². The van der Waals surface area contributed by atoms with Gasteiger partial charge in [0.2, 0.25) is 5.95 Å². The van der Waals surface area contributed by atoms with Crippen LogP contribution in [-0.4, -0.2) is 46.6 Å². The number of piperidine rings is 1. The molecule has 2 aromatic heterocycles. The third-order valence-corrected chi connectivity index (χ3v) is 4.74. The lowest BCUT2D eigenvalue weighted by Gasteiger charge is -2.31. The molecule has 0 unspecified atom stereocenters. The minimum absolute atomic E-state index is 0.152. The van der Waals surface area contributed by atoms with Gasteiger partial charge in [-0.2, -0.15) is 10.1 Å². The summed E-state index contributed by atoms with van der Waals surface area (Å²) in [6.45, 7) is 2.52. The highest BCUT2D eigenvalue weighted by Gasteiger charge is 2.22. The Labute approximate surface area is 145 Å². The Balaban J connectivity index is 1.68. The molecule has 0 aliphatic carbocycles. The fourth-order valence-corrected chi connectivity index (χ4v) is 3.36. The molecule has 0 bridgehead atoms. The molecule has 0 atom stereocenters. The van der Waals surface area contributed by atoms with Gasteiger partial charge >= 0.3 is 0 Å². The van der Waals surface area contributed by atoms with E-state index < -0.39 is 0 Å². The van der Waals surface area contributed by atoms with E-state index in [1.807, 2.05) is 30.3 Å². The first-order valence-corrected chi connectivity index (χ1v) is 8.53. The van der Waals surface area contributed by atoms with Crippen molar-refractivity contribution < 1.29 is 4.74 Å². The van der Waals surface area contributed by atoms with Crippen LogP contribution in [-0.2, 0) is 4.74 Å². The summed E-state index contributed by atoms with van der Waals surface area (Å²) in [5, 5.41) is 4.85. The molecule has 130 valence electrons. The van der Waals surface area contributed by atoms with E-state index in [4.69, 9.17) is 9.72 Å². The van der Waals surface area contributed by atoms with E-state index in [0.717, 1.165) is 38.2 Å². The maximum absolute atomic E-state index is 12.5. The number of rotatable bonds is 4. The summed E-state index contributed by atoms with van der Waals surface area (Å²) in [7, 11) is 1.74. The number of anilines is 1. The van der Waals surface area contributed by atoms with Gasteiger partial charge in [-0.1, -0.05) is 18.2 Å². The predicted molar refractivity (Wildman–Crippen MR) is 96.3 cm³/mol. The van der Waals surface area contributed by atoms with Crippen LogP contribution in [0.1, 0.15) is 12.8 Å². The Kier molecular flexibility index (Phi) is 4.23. The Morgan fingerprint density at radius 3 is 2.72 bits per heavy atom. The third-order valence-electron chi connectivity index (χ3n) is 4.74. The molecular weight excluding hydrogens is 318 g/mol. The van der Waals surface area contributed by atoms with Crippen LogP contribution in [0.15, 0.2) is 41.3 Å². The second-order valence-electron chi connectivity index (χ2n) is 6.40. The summed E-state index contributed by atoms with van der Waals surface area (Å²) in [5.41, 5.74) is 1.32. The van der Waals surface area contributed by atoms with E-state index in [1.165, 1.54) is 0 Å². The fourth-order valence-electron chi connectivity index (χ4n) is 3.36. The van der Waals surface area contributed by atoms with Gasteiger partial charge in [-0.05, 0) is 30.9 Å². The molecule has 1 aliphatic heterocycles. The van der Waals surface area contributed by atoms with Gasteiger partial charge in [0, 0.05) is 26.8 Å². The van der Waals surface area contributed by atoms with Crippen LogP contribution in [0.5, 0.6) is 0 Å². The summed E-state index contributed by atoms with van der Waals surface area (Å²) in [6.07, 6.45) is 3.64. The maximum Gasteiger partial charge on any atom is 0.263 e. The lowest BCUT2D eigenvalue weighted by atomic mass is 9.98. The Morgan fingerprint density at radius 2 is 2.00 bits per heavy atom. The quantitative estimate of drug-likeness (QED) is 0.786. The van der Waals surface area contributed by atoms with Gasteiger partial charge in [-0.25, -0.2) is 4.68 Å². The molecule has 25 heavy (non-hydrogen) atoms. The van der Waals surface area contributed by atoms with Crippen LogP contribution in [0.3, 0.4) is 0 Å². The molecule has 4 rings (SSSR count). The molecule has 3 aromatic rings. The van der Waals surface area contributed by atoms with Crippen LogP contribution >= 0.6 is 0 Å². The summed E-state index contributed by atoms with van der Waals surface area (Å²) >= 11 is 0. The number of nitrogens with one attached hydrogen (secondary N) is 1. The smallest absolute Gasteiger partial charge is 0.263 e. The first-order valence-electron chi connectivity index (χ1n) is 8.53. The first-order chi connectivity index (χ1) is 12.3. The zero-order valence-electron chi connectivity index (χ0n) is 14.2. The van der Waals surface area contributed by atoms with Crippen LogP contribution in [0.2, 0.25) is 0 Å². The minimum Gasteiger partial charge on any atom is -0.384 e. The van der Waals surface area contributed by atoms with E-state index in [9.17, 15) is 4.79 Å². The summed E-state index contributed by atoms with van der Waals surface area (Å²) < 4.78 is 6.96. The number of fused-ring (bicyclic) bond motifs is 1. The lowest BCUT2D eigenvalue weighted by Crippen LogP contribution is -2.37. The second-order valence-corrected chi connectivity index (χ2v) is 6.40. The molecule has 0 spiro atoms. The number of methoxy groups -OCH3 is 1. The zero-order chi connectivity index (χ0) is 17.2. The van der Waals surface area contributed by atoms with Crippen LogP contribution < -0.4 is 10.5 Å². The average molecular weight is 339 g/mol. The molecule has 3 heterocycles. The number of H-pyrrole nitrogens is 1. The number of aromatic amines is 1.